The molecule has 1 aliphatic heterocycles. The van der Waals surface area contributed by atoms with Gasteiger partial charge in [0, 0.05) is 38.9 Å². The monoisotopic (exact) mass is 389 g/mol. The second kappa shape index (κ2) is 14.4. The van der Waals surface area contributed by atoms with Gasteiger partial charge >= 0.3 is 0 Å². The van der Waals surface area contributed by atoms with Gasteiger partial charge in [-0.1, -0.05) is 51.4 Å². The molecular formula is C22H39N5O. The molecule has 158 valence electrons. The first-order valence-corrected chi connectivity index (χ1v) is 11.2. The van der Waals surface area contributed by atoms with E-state index >= 15 is 0 Å². The highest BCUT2D eigenvalue weighted by Crippen LogP contribution is 2.11. The molecule has 6 nitrogen and oxygen atoms in total. The van der Waals surface area contributed by atoms with Crippen LogP contribution in [0.4, 0.5) is 5.82 Å². The number of unbranched alkanes of at least 4 members (excludes halogenated alkanes) is 9. The zero-order chi connectivity index (χ0) is 19.9. The lowest BCUT2D eigenvalue weighted by molar-refractivity contribution is 0.0953. The van der Waals surface area contributed by atoms with Crippen molar-refractivity contribution in [2.24, 2.45) is 0 Å². The smallest absolute Gasteiger partial charge is 0.255 e. The number of anilines is 1. The fourth-order valence-electron chi connectivity index (χ4n) is 3.72. The molecule has 0 bridgehead atoms. The van der Waals surface area contributed by atoms with Gasteiger partial charge in [-0.2, -0.15) is 0 Å². The molecule has 2 heterocycles. The topological polar surface area (TPSA) is 83.3 Å². The van der Waals surface area contributed by atoms with Crippen LogP contribution in [0.2, 0.25) is 0 Å². The third kappa shape index (κ3) is 9.51. The molecule has 1 aliphatic rings. The van der Waals surface area contributed by atoms with E-state index in [0.717, 1.165) is 19.5 Å². The van der Waals surface area contributed by atoms with Crippen molar-refractivity contribution in [3.8, 4) is 0 Å². The second-order valence-corrected chi connectivity index (χ2v) is 7.82. The van der Waals surface area contributed by atoms with E-state index < -0.39 is 0 Å². The van der Waals surface area contributed by atoms with Gasteiger partial charge < -0.3 is 21.3 Å². The molecule has 0 radical (unpaired) electrons. The highest BCUT2D eigenvalue weighted by atomic mass is 16.1. The van der Waals surface area contributed by atoms with Gasteiger partial charge in [0.05, 0.1) is 5.56 Å². The second-order valence-electron chi connectivity index (χ2n) is 7.82. The first kappa shape index (κ1) is 22.6. The van der Waals surface area contributed by atoms with Crippen LogP contribution in [0, 0.1) is 0 Å². The number of pyridine rings is 1. The summed E-state index contributed by atoms with van der Waals surface area (Å²) in [4.78, 5) is 18.5. The molecule has 0 unspecified atom stereocenters. The van der Waals surface area contributed by atoms with Crippen LogP contribution in [0.3, 0.4) is 0 Å². The Bertz CT molecular complexity index is 545. The average molecular weight is 390 g/mol. The van der Waals surface area contributed by atoms with Crippen LogP contribution in [0.1, 0.15) is 74.6 Å². The van der Waals surface area contributed by atoms with E-state index in [0.29, 0.717) is 17.9 Å². The van der Waals surface area contributed by atoms with Gasteiger partial charge in [0.1, 0.15) is 5.82 Å². The van der Waals surface area contributed by atoms with Crippen LogP contribution >= 0.6 is 0 Å². The summed E-state index contributed by atoms with van der Waals surface area (Å²) in [6.07, 6.45) is 14.6. The molecule has 0 saturated carbocycles. The molecule has 1 fully saturated rings. The van der Waals surface area contributed by atoms with E-state index in [1.165, 1.54) is 77.4 Å². The Kier molecular flexibility index (Phi) is 11.6. The van der Waals surface area contributed by atoms with E-state index in [4.69, 9.17) is 5.73 Å². The molecule has 1 aromatic rings. The van der Waals surface area contributed by atoms with Crippen molar-refractivity contribution in [1.29, 1.82) is 0 Å². The summed E-state index contributed by atoms with van der Waals surface area (Å²) in [5.74, 6) is 0.173. The van der Waals surface area contributed by atoms with Gasteiger partial charge in [-0.3, -0.25) is 4.79 Å². The van der Waals surface area contributed by atoms with Crippen LogP contribution in [0.5, 0.6) is 0 Å². The predicted octanol–water partition coefficient (Wildman–Crippen LogP) is 3.20. The Hall–Kier alpha value is -1.66. The molecule has 4 N–H and O–H groups in total. The summed E-state index contributed by atoms with van der Waals surface area (Å²) in [5, 5.41) is 6.34. The summed E-state index contributed by atoms with van der Waals surface area (Å²) >= 11 is 0. The molecule has 1 aromatic heterocycles. The van der Waals surface area contributed by atoms with Crippen molar-refractivity contribution >= 4 is 11.7 Å². The van der Waals surface area contributed by atoms with Crippen LogP contribution in [0.25, 0.3) is 0 Å². The lowest BCUT2D eigenvalue weighted by atomic mass is 10.1. The molecule has 0 aliphatic carbocycles. The highest BCUT2D eigenvalue weighted by Gasteiger charge is 2.09. The Balaban J connectivity index is 1.32. The largest absolute Gasteiger partial charge is 0.383 e. The number of nitrogens with one attached hydrogen (secondary N) is 2. The number of nitrogen functional groups attached to an aromatic ring is 1. The van der Waals surface area contributed by atoms with E-state index in [1.54, 1.807) is 18.3 Å². The summed E-state index contributed by atoms with van der Waals surface area (Å²) in [5.41, 5.74) is 6.18. The first-order chi connectivity index (χ1) is 13.8. The van der Waals surface area contributed by atoms with Crippen molar-refractivity contribution in [3.63, 3.8) is 0 Å². The highest BCUT2D eigenvalue weighted by molar-refractivity contribution is 5.98. The number of nitrogens with two attached hydrogens (primary N) is 1. The number of amides is 1. The van der Waals surface area contributed by atoms with E-state index in [9.17, 15) is 4.79 Å². The van der Waals surface area contributed by atoms with Crippen molar-refractivity contribution in [2.45, 2.75) is 64.2 Å². The molecule has 2 rings (SSSR count). The molecule has 0 aromatic carbocycles. The molecule has 0 atom stereocenters. The Morgan fingerprint density at radius 3 is 2.25 bits per heavy atom. The van der Waals surface area contributed by atoms with Crippen molar-refractivity contribution in [2.75, 3.05) is 45.0 Å². The van der Waals surface area contributed by atoms with Crippen LogP contribution < -0.4 is 16.4 Å². The lowest BCUT2D eigenvalue weighted by Crippen LogP contribution is -2.43. The predicted molar refractivity (Wildman–Crippen MR) is 116 cm³/mol. The third-order valence-corrected chi connectivity index (χ3v) is 5.48. The van der Waals surface area contributed by atoms with Crippen molar-refractivity contribution in [1.82, 2.24) is 20.5 Å². The van der Waals surface area contributed by atoms with Gasteiger partial charge in [-0.05, 0) is 31.5 Å². The van der Waals surface area contributed by atoms with E-state index in [1.807, 2.05) is 0 Å². The van der Waals surface area contributed by atoms with Gasteiger partial charge in [0.2, 0.25) is 0 Å². The quantitative estimate of drug-likeness (QED) is 0.426. The SMILES string of the molecule is Nc1ncccc1C(=O)NCCCCCCCCCCCCN1CCNCC1. The van der Waals surface area contributed by atoms with Crippen LogP contribution in [-0.4, -0.2) is 55.1 Å². The standard InChI is InChI=1S/C22H39N5O/c23-21-20(12-11-14-25-21)22(28)26-13-9-7-5-3-1-2-4-6-8-10-17-27-18-15-24-16-19-27/h11-12,14,24H,1-10,13,15-19H2,(H2,23,25)(H,26,28). The fourth-order valence-corrected chi connectivity index (χ4v) is 3.72. The number of piperazine rings is 1. The van der Waals surface area contributed by atoms with E-state index in [2.05, 4.69) is 20.5 Å². The number of nitrogens with zero attached hydrogens (tertiary/aromatic N) is 2. The maximum Gasteiger partial charge on any atom is 0.255 e. The fraction of sp³-hybridized carbons (Fsp3) is 0.727. The van der Waals surface area contributed by atoms with Gasteiger partial charge in [0.25, 0.3) is 5.91 Å². The van der Waals surface area contributed by atoms with Gasteiger partial charge in [-0.25, -0.2) is 4.98 Å². The summed E-state index contributed by atoms with van der Waals surface area (Å²) in [7, 11) is 0. The summed E-state index contributed by atoms with van der Waals surface area (Å²) in [6, 6.07) is 3.44. The zero-order valence-electron chi connectivity index (χ0n) is 17.4. The van der Waals surface area contributed by atoms with Crippen LogP contribution in [0.15, 0.2) is 18.3 Å². The number of hydrogen-bond donors (Lipinski definition) is 3. The number of hydrogen-bond acceptors (Lipinski definition) is 5. The molecule has 28 heavy (non-hydrogen) atoms. The maximum absolute atomic E-state index is 12.0. The Labute approximate surface area is 170 Å². The molecular weight excluding hydrogens is 350 g/mol. The number of carbonyl (C=O) groups excluding carboxylic acids is 1. The average Bonchev–Trinajstić information content (AvgIpc) is 2.72. The molecule has 1 saturated heterocycles. The number of rotatable bonds is 14. The molecule has 0 spiro atoms. The summed E-state index contributed by atoms with van der Waals surface area (Å²) < 4.78 is 0. The minimum Gasteiger partial charge on any atom is -0.383 e. The zero-order valence-corrected chi connectivity index (χ0v) is 17.4. The van der Waals surface area contributed by atoms with E-state index in [-0.39, 0.29) is 5.91 Å². The van der Waals surface area contributed by atoms with Crippen molar-refractivity contribution < 1.29 is 4.79 Å². The minimum atomic E-state index is -0.123. The van der Waals surface area contributed by atoms with Gasteiger partial charge in [0.15, 0.2) is 0 Å². The lowest BCUT2D eigenvalue weighted by Gasteiger charge is -2.27. The third-order valence-electron chi connectivity index (χ3n) is 5.48. The Morgan fingerprint density at radius 1 is 1.00 bits per heavy atom. The number of aromatic nitrogens is 1. The molecule has 6 heteroatoms. The summed E-state index contributed by atoms with van der Waals surface area (Å²) in [6.45, 7) is 6.76. The number of carbonyl (C=O) groups is 1. The Morgan fingerprint density at radius 2 is 1.61 bits per heavy atom. The minimum absolute atomic E-state index is 0.123. The van der Waals surface area contributed by atoms with Gasteiger partial charge in [-0.15, -0.1) is 0 Å². The normalized spacial score (nSPS) is 14.9. The maximum atomic E-state index is 12.0. The molecule has 1 amide bonds. The van der Waals surface area contributed by atoms with Crippen molar-refractivity contribution in [3.05, 3.63) is 23.9 Å². The first-order valence-electron chi connectivity index (χ1n) is 11.2. The van der Waals surface area contributed by atoms with Crippen LogP contribution in [-0.2, 0) is 0 Å².